The third kappa shape index (κ3) is 5.28. The molecular weight excluding hydrogens is 480 g/mol. The highest BCUT2D eigenvalue weighted by Crippen LogP contribution is 2.48. The minimum atomic E-state index is -0.509. The second kappa shape index (κ2) is 11.0. The summed E-state index contributed by atoms with van der Waals surface area (Å²) in [5, 5.41) is 22.0. The van der Waals surface area contributed by atoms with Gasteiger partial charge < -0.3 is 15.1 Å². The van der Waals surface area contributed by atoms with E-state index < -0.39 is 5.95 Å². The van der Waals surface area contributed by atoms with Gasteiger partial charge in [0, 0.05) is 29.4 Å². The molecule has 8 heteroatoms. The summed E-state index contributed by atoms with van der Waals surface area (Å²) in [5.74, 6) is -1.29. The van der Waals surface area contributed by atoms with Crippen molar-refractivity contribution >= 4 is 23.1 Å². The molecule has 4 aromatic rings. The number of unbranched alkanes of at least 4 members (excludes halogenated alkanes) is 1. The molecule has 0 atom stereocenters. The Hall–Kier alpha value is -3.65. The van der Waals surface area contributed by atoms with Crippen molar-refractivity contribution in [2.75, 3.05) is 11.9 Å². The predicted molar refractivity (Wildman–Crippen MR) is 139 cm³/mol. The smallest absolute Gasteiger partial charge is 0.229 e. The molecule has 0 aliphatic rings. The minimum absolute atomic E-state index is 0.124. The second-order valence-electron chi connectivity index (χ2n) is 8.45. The van der Waals surface area contributed by atoms with Gasteiger partial charge in [0.1, 0.15) is 16.4 Å². The fraction of sp³-hybridized carbons (Fsp3) is 0.214. The van der Waals surface area contributed by atoms with Crippen molar-refractivity contribution in [1.29, 1.82) is 0 Å². The molecule has 5 nitrogen and oxygen atoms in total. The maximum absolute atomic E-state index is 13.9. The zero-order chi connectivity index (χ0) is 25.8. The van der Waals surface area contributed by atoms with E-state index in [4.69, 9.17) is 0 Å². The molecule has 0 unspecified atom stereocenters. The molecule has 0 radical (unpaired) electrons. The summed E-state index contributed by atoms with van der Waals surface area (Å²) in [7, 11) is 1.73. The fourth-order valence-electron chi connectivity index (χ4n) is 4.00. The second-order valence-corrected chi connectivity index (χ2v) is 9.54. The van der Waals surface area contributed by atoms with Crippen LogP contribution in [0.4, 0.5) is 20.2 Å². The number of nitrogens with zero attached hydrogens (tertiary/aromatic N) is 3. The van der Waals surface area contributed by atoms with Crippen LogP contribution >= 0.6 is 11.8 Å². The number of anilines is 2. The molecular formula is C28H27F2N3O2S. The van der Waals surface area contributed by atoms with Crippen LogP contribution in [0.25, 0.3) is 11.1 Å². The van der Waals surface area contributed by atoms with Crippen LogP contribution < -0.4 is 4.90 Å². The quantitative estimate of drug-likeness (QED) is 0.242. The van der Waals surface area contributed by atoms with E-state index in [9.17, 15) is 19.0 Å². The number of aromatic hydroxyl groups is 2. The summed E-state index contributed by atoms with van der Waals surface area (Å²) in [4.78, 5) is 10.7. The first-order chi connectivity index (χ1) is 17.3. The van der Waals surface area contributed by atoms with Gasteiger partial charge in [0.2, 0.25) is 11.8 Å². The molecule has 0 bridgehead atoms. The van der Waals surface area contributed by atoms with Crippen molar-refractivity contribution in [3.8, 4) is 22.8 Å². The van der Waals surface area contributed by atoms with Crippen LogP contribution in [0.2, 0.25) is 0 Å². The van der Waals surface area contributed by atoms with Crippen LogP contribution in [0.3, 0.4) is 0 Å². The monoisotopic (exact) mass is 507 g/mol. The first-order valence-electron chi connectivity index (χ1n) is 11.6. The van der Waals surface area contributed by atoms with Crippen molar-refractivity contribution in [2.45, 2.75) is 42.9 Å². The van der Waals surface area contributed by atoms with E-state index in [1.165, 1.54) is 18.3 Å². The molecule has 2 aromatic heterocycles. The van der Waals surface area contributed by atoms with E-state index >= 15 is 0 Å². The Morgan fingerprint density at radius 2 is 1.78 bits per heavy atom. The first kappa shape index (κ1) is 25.4. The van der Waals surface area contributed by atoms with Gasteiger partial charge in [-0.2, -0.15) is 4.39 Å². The number of rotatable bonds is 8. The summed E-state index contributed by atoms with van der Waals surface area (Å²) in [5.41, 5.74) is 3.54. The van der Waals surface area contributed by atoms with Gasteiger partial charge in [0.05, 0.1) is 5.69 Å². The van der Waals surface area contributed by atoms with E-state index in [2.05, 4.69) is 9.97 Å². The van der Waals surface area contributed by atoms with Crippen LogP contribution in [-0.4, -0.2) is 27.2 Å². The number of aromatic nitrogens is 2. The third-order valence-corrected chi connectivity index (χ3v) is 7.07. The lowest BCUT2D eigenvalue weighted by molar-refractivity contribution is 0.410. The zero-order valence-electron chi connectivity index (χ0n) is 20.3. The van der Waals surface area contributed by atoms with Crippen LogP contribution in [-0.2, 0) is 6.42 Å². The largest absolute Gasteiger partial charge is 0.504 e. The molecule has 0 saturated heterocycles. The minimum Gasteiger partial charge on any atom is -0.504 e. The molecule has 0 saturated carbocycles. The number of hydrogen-bond donors (Lipinski definition) is 2. The van der Waals surface area contributed by atoms with E-state index in [-0.39, 0.29) is 22.3 Å². The SMILES string of the molecule is CCCCc1nc(O)c(Sc2ccc(-c3ccnc(F)c3C)cc2)c(O)c1N(C)c1cccc(F)c1. The molecule has 186 valence electrons. The van der Waals surface area contributed by atoms with Gasteiger partial charge in [-0.3, -0.25) is 0 Å². The summed E-state index contributed by atoms with van der Waals surface area (Å²) in [6.07, 6.45) is 3.71. The van der Waals surface area contributed by atoms with Crippen LogP contribution in [0.1, 0.15) is 31.0 Å². The van der Waals surface area contributed by atoms with E-state index in [1.54, 1.807) is 37.1 Å². The van der Waals surface area contributed by atoms with Crippen molar-refractivity contribution < 1.29 is 19.0 Å². The lowest BCUT2D eigenvalue weighted by atomic mass is 10.0. The zero-order valence-corrected chi connectivity index (χ0v) is 21.1. The lowest BCUT2D eigenvalue weighted by Crippen LogP contribution is -2.14. The summed E-state index contributed by atoms with van der Waals surface area (Å²) < 4.78 is 27.8. The highest BCUT2D eigenvalue weighted by Gasteiger charge is 2.24. The van der Waals surface area contributed by atoms with Crippen molar-refractivity contribution in [2.24, 2.45) is 0 Å². The van der Waals surface area contributed by atoms with Gasteiger partial charge in [-0.05, 0) is 67.3 Å². The van der Waals surface area contributed by atoms with Crippen LogP contribution in [0, 0.1) is 18.7 Å². The molecule has 2 heterocycles. The standard InChI is InChI=1S/C28H27F2N3O2S/c1-4-5-9-23-24(33(3)20-8-6-7-19(29)16-20)25(34)26(28(35)32-23)36-21-12-10-18(11-13-21)22-14-15-31-27(30)17(22)2/h6-8,10-16H,4-5,9H2,1-3H3,(H2,32,34,35). The topological polar surface area (TPSA) is 69.5 Å². The number of aryl methyl sites for hydroxylation is 1. The third-order valence-electron chi connectivity index (χ3n) is 5.98. The highest BCUT2D eigenvalue weighted by atomic mass is 32.2. The number of benzene rings is 2. The Balaban J connectivity index is 1.71. The van der Waals surface area contributed by atoms with Crippen molar-refractivity contribution in [1.82, 2.24) is 9.97 Å². The van der Waals surface area contributed by atoms with E-state index in [0.717, 1.165) is 40.6 Å². The summed E-state index contributed by atoms with van der Waals surface area (Å²) >= 11 is 1.16. The van der Waals surface area contributed by atoms with Gasteiger partial charge >= 0.3 is 0 Å². The molecule has 0 aliphatic carbocycles. The maximum atomic E-state index is 13.9. The Morgan fingerprint density at radius 3 is 2.47 bits per heavy atom. The number of pyridine rings is 2. The average molecular weight is 508 g/mol. The molecule has 0 aliphatic heterocycles. The molecule has 2 N–H and O–H groups in total. The van der Waals surface area contributed by atoms with Gasteiger partial charge in [0.15, 0.2) is 5.75 Å². The lowest BCUT2D eigenvalue weighted by Gasteiger charge is -2.25. The highest BCUT2D eigenvalue weighted by molar-refractivity contribution is 7.99. The number of halogens is 2. The Kier molecular flexibility index (Phi) is 7.74. The summed E-state index contributed by atoms with van der Waals surface area (Å²) in [6.45, 7) is 3.73. The van der Waals surface area contributed by atoms with Gasteiger partial charge in [0.25, 0.3) is 0 Å². The maximum Gasteiger partial charge on any atom is 0.229 e. The molecule has 36 heavy (non-hydrogen) atoms. The van der Waals surface area contributed by atoms with Crippen LogP contribution in [0.5, 0.6) is 11.6 Å². The predicted octanol–water partition coefficient (Wildman–Crippen LogP) is 7.40. The molecule has 0 amide bonds. The van der Waals surface area contributed by atoms with E-state index in [1.807, 2.05) is 31.2 Å². The molecule has 2 aromatic carbocycles. The van der Waals surface area contributed by atoms with Crippen LogP contribution in [0.15, 0.2) is 70.6 Å². The van der Waals surface area contributed by atoms with Crippen molar-refractivity contribution in [3.63, 3.8) is 0 Å². The molecule has 0 spiro atoms. The van der Waals surface area contributed by atoms with Gasteiger partial charge in [-0.15, -0.1) is 0 Å². The molecule has 0 fully saturated rings. The average Bonchev–Trinajstić information content (AvgIpc) is 2.87. The Bertz CT molecular complexity index is 1380. The normalized spacial score (nSPS) is 11.0. The summed E-state index contributed by atoms with van der Waals surface area (Å²) in [6, 6.07) is 15.2. The van der Waals surface area contributed by atoms with E-state index in [0.29, 0.717) is 29.1 Å². The van der Waals surface area contributed by atoms with Gasteiger partial charge in [-0.1, -0.05) is 43.3 Å². The van der Waals surface area contributed by atoms with Crippen molar-refractivity contribution in [3.05, 3.63) is 83.8 Å². The Labute approximate surface area is 213 Å². The Morgan fingerprint density at radius 1 is 1.03 bits per heavy atom. The number of hydrogen-bond acceptors (Lipinski definition) is 6. The first-order valence-corrected chi connectivity index (χ1v) is 12.4. The fourth-order valence-corrected chi connectivity index (χ4v) is 4.84. The molecule has 4 rings (SSSR count). The van der Waals surface area contributed by atoms with Gasteiger partial charge in [-0.25, -0.2) is 14.4 Å².